The highest BCUT2D eigenvalue weighted by atomic mass is 32.5. The molecule has 10 atom stereocenters. The largest absolute Gasteiger partial charge is 0.369 e. The molecule has 9 heterocycles. The van der Waals surface area contributed by atoms with E-state index < -0.39 is 68.8 Å². The molecule has 0 aromatic carbocycles. The lowest BCUT2D eigenvalue weighted by Gasteiger charge is -2.28. The van der Waals surface area contributed by atoms with Crippen LogP contribution in [-0.2, 0) is 57.8 Å². The number of aryl methyl sites for hydroxylation is 1. The van der Waals surface area contributed by atoms with Crippen LogP contribution in [-0.4, -0.2) is 112 Å². The van der Waals surface area contributed by atoms with E-state index in [1.165, 1.54) is 34.4 Å². The Morgan fingerprint density at radius 3 is 2.30 bits per heavy atom. The summed E-state index contributed by atoms with van der Waals surface area (Å²) in [6.07, 6.45) is -1.52. The number of alkyl halides is 2. The van der Waals surface area contributed by atoms with Gasteiger partial charge >= 0.3 is 6.72 Å². The van der Waals surface area contributed by atoms with E-state index in [9.17, 15) is 9.79 Å². The number of hydrogen-bond acceptors (Lipinski definition) is 15. The molecule has 23 heteroatoms. The molecule has 14 bridgehead atoms. The smallest absolute Gasteiger partial charge is 0.324 e. The van der Waals surface area contributed by atoms with Crippen molar-refractivity contribution in [1.82, 2.24) is 39.0 Å². The van der Waals surface area contributed by atoms with Gasteiger partial charge < -0.3 is 38.4 Å². The highest BCUT2D eigenvalue weighted by Gasteiger charge is 2.52. The van der Waals surface area contributed by atoms with Gasteiger partial charge in [-0.1, -0.05) is 12.2 Å². The number of allylic oxidation sites excluding steroid dienone is 1. The van der Waals surface area contributed by atoms with Crippen molar-refractivity contribution in [3.8, 4) is 0 Å². The van der Waals surface area contributed by atoms with Crippen LogP contribution in [0.15, 0.2) is 37.5 Å². The van der Waals surface area contributed by atoms with Crippen molar-refractivity contribution in [2.75, 3.05) is 31.4 Å². The Balaban J connectivity index is 1.19. The molecule has 268 valence electrons. The van der Waals surface area contributed by atoms with Crippen LogP contribution < -0.4 is 5.32 Å². The van der Waals surface area contributed by atoms with Crippen molar-refractivity contribution < 1.29 is 46.3 Å². The molecule has 4 aromatic heterocycles. The standard InChI is InChI=1S/C27H31F2N9O8P2S2/c28-17-21-15-5-7-42-48(40,50)46-22-16(8-41-13-47(39,49)45-21)44-27(18(22)29)38-12-36-20-23(32-10-34-25(20)38)30-6-3-1-2-4-14-19-24(33-9-31-14)37(11-35-19)26(17)43-15/h1,3,9-12,15-18,21-22,26-27H,2,4-8,13H2,(H,39,49)(H,40,50)(H,30,32,34)/b3-1+/t15-,16-,17-,18-,21-,22-,26?,27?,47?,48?/m1/s1. The summed E-state index contributed by atoms with van der Waals surface area (Å²) in [6.45, 7) is -8.19. The number of anilines is 1. The Kier molecular flexibility index (Phi) is 9.54. The molecule has 3 saturated heterocycles. The number of ether oxygens (including phenoxy) is 3. The highest BCUT2D eigenvalue weighted by Crippen LogP contribution is 2.52. The van der Waals surface area contributed by atoms with Crippen molar-refractivity contribution in [2.24, 2.45) is 0 Å². The average molecular weight is 774 g/mol. The van der Waals surface area contributed by atoms with Crippen LogP contribution in [0.1, 0.15) is 31.0 Å². The molecule has 3 fully saturated rings. The SMILES string of the molecule is OP1(=S)COC[C@H]2OC3[C@H](F)[C@@H]2OP(O)(=S)OCC[C@H]2OC([C@H](F)[C@@H]2O1)n1cnc2c(ncnc21)CC/C=C/CNc1ncnc2c1ncn23. The molecule has 17 nitrogen and oxygen atoms in total. The summed E-state index contributed by atoms with van der Waals surface area (Å²) in [5.74, 6) is 0.414. The molecule has 0 radical (unpaired) electrons. The topological polar surface area (TPSA) is 195 Å². The second-order valence-electron chi connectivity index (χ2n) is 12.0. The Morgan fingerprint density at radius 2 is 1.52 bits per heavy atom. The molecular weight excluding hydrogens is 742 g/mol. The van der Waals surface area contributed by atoms with E-state index >= 15 is 8.78 Å². The van der Waals surface area contributed by atoms with Gasteiger partial charge in [0.25, 0.3) is 0 Å². The summed E-state index contributed by atoms with van der Waals surface area (Å²) in [7, 11) is 0. The van der Waals surface area contributed by atoms with Gasteiger partial charge in [-0.05, 0) is 36.5 Å². The first-order chi connectivity index (χ1) is 24.1. The number of halogens is 2. The zero-order chi connectivity index (χ0) is 34.6. The number of aromatic nitrogens is 8. The third-order valence-corrected chi connectivity index (χ3v) is 12.0. The lowest BCUT2D eigenvalue weighted by molar-refractivity contribution is -0.0587. The summed E-state index contributed by atoms with van der Waals surface area (Å²) >= 11 is 10.6. The van der Waals surface area contributed by atoms with Gasteiger partial charge in [-0.3, -0.25) is 13.7 Å². The monoisotopic (exact) mass is 773 g/mol. The predicted molar refractivity (Wildman–Crippen MR) is 178 cm³/mol. The first-order valence-corrected chi connectivity index (χ1v) is 21.1. The molecule has 0 aliphatic carbocycles. The van der Waals surface area contributed by atoms with Crippen LogP contribution in [0.5, 0.6) is 0 Å². The fraction of sp³-hybridized carbons (Fsp3) is 0.556. The summed E-state index contributed by atoms with van der Waals surface area (Å²) in [6, 6.07) is 0. The molecule has 4 unspecified atom stereocenters. The van der Waals surface area contributed by atoms with E-state index in [1.54, 1.807) is 0 Å². The third-order valence-electron chi connectivity index (χ3n) is 8.71. The second kappa shape index (κ2) is 13.8. The van der Waals surface area contributed by atoms with E-state index in [1.807, 2.05) is 12.2 Å². The molecule has 4 aromatic rings. The van der Waals surface area contributed by atoms with Crippen LogP contribution in [0.3, 0.4) is 0 Å². The number of nitrogens with one attached hydrogen (secondary N) is 1. The molecule has 50 heavy (non-hydrogen) atoms. The van der Waals surface area contributed by atoms with Crippen molar-refractivity contribution in [2.45, 2.75) is 68.5 Å². The number of hydrogen-bond donors (Lipinski definition) is 3. The molecule has 0 spiro atoms. The van der Waals surface area contributed by atoms with E-state index in [4.69, 9.17) is 51.4 Å². The van der Waals surface area contributed by atoms with Crippen molar-refractivity contribution >= 4 is 65.0 Å². The predicted octanol–water partition coefficient (Wildman–Crippen LogP) is 2.73. The van der Waals surface area contributed by atoms with Crippen LogP contribution >= 0.6 is 13.2 Å². The second-order valence-corrected chi connectivity index (χ2v) is 18.2. The molecule has 3 N–H and O–H groups in total. The Labute approximate surface area is 292 Å². The Hall–Kier alpha value is -2.52. The third kappa shape index (κ3) is 6.63. The molecule has 5 aliphatic heterocycles. The summed E-state index contributed by atoms with van der Waals surface area (Å²) in [5.41, 5.74) is 2.10. The number of rotatable bonds is 0. The van der Waals surface area contributed by atoms with Gasteiger partial charge in [0.15, 0.2) is 47.4 Å². The van der Waals surface area contributed by atoms with Crippen LogP contribution in [0, 0.1) is 0 Å². The van der Waals surface area contributed by atoms with Gasteiger partial charge in [0.2, 0.25) is 6.49 Å². The quantitative estimate of drug-likeness (QED) is 0.174. The van der Waals surface area contributed by atoms with Gasteiger partial charge in [0, 0.05) is 13.0 Å². The van der Waals surface area contributed by atoms with E-state index in [2.05, 4.69) is 35.2 Å². The average Bonchev–Trinajstić information content (AvgIpc) is 3.84. The maximum atomic E-state index is 16.3. The van der Waals surface area contributed by atoms with Crippen molar-refractivity contribution in [3.63, 3.8) is 0 Å². The summed E-state index contributed by atoms with van der Waals surface area (Å²) in [5, 5.41) is 3.20. The van der Waals surface area contributed by atoms with Crippen molar-refractivity contribution in [1.29, 1.82) is 0 Å². The summed E-state index contributed by atoms with van der Waals surface area (Å²) < 4.78 is 70.5. The lowest BCUT2D eigenvalue weighted by atomic mass is 10.1. The van der Waals surface area contributed by atoms with Gasteiger partial charge in [-0.2, -0.15) is 0 Å². The zero-order valence-electron chi connectivity index (χ0n) is 25.9. The molecule has 9 rings (SSSR count). The maximum Gasteiger partial charge on any atom is 0.324 e. The number of nitrogens with zero attached hydrogens (tertiary/aromatic N) is 8. The first kappa shape index (κ1) is 34.6. The van der Waals surface area contributed by atoms with Crippen LogP contribution in [0.2, 0.25) is 0 Å². The van der Waals surface area contributed by atoms with E-state index in [0.717, 1.165) is 0 Å². The van der Waals surface area contributed by atoms with E-state index in [0.29, 0.717) is 47.6 Å². The fourth-order valence-corrected chi connectivity index (χ4v) is 9.47. The minimum absolute atomic E-state index is 0.0668. The highest BCUT2D eigenvalue weighted by molar-refractivity contribution is 8.09. The normalized spacial score (nSPS) is 37.6. The van der Waals surface area contributed by atoms with Gasteiger partial charge in [-0.25, -0.2) is 38.7 Å². The number of imidazole rings is 2. The molecule has 5 aliphatic rings. The van der Waals surface area contributed by atoms with Gasteiger partial charge in [-0.15, -0.1) is 0 Å². The number of fused-ring (bicyclic) bond motifs is 12. The zero-order valence-corrected chi connectivity index (χ0v) is 29.3. The molecule has 0 amide bonds. The van der Waals surface area contributed by atoms with Crippen LogP contribution in [0.25, 0.3) is 22.3 Å². The van der Waals surface area contributed by atoms with Crippen molar-refractivity contribution in [3.05, 3.63) is 43.2 Å². The Bertz CT molecular complexity index is 1890. The van der Waals surface area contributed by atoms with Crippen LogP contribution in [0.4, 0.5) is 14.6 Å². The minimum atomic E-state index is -4.11. The van der Waals surface area contributed by atoms with Gasteiger partial charge in [0.1, 0.15) is 42.8 Å². The summed E-state index contributed by atoms with van der Waals surface area (Å²) in [4.78, 5) is 48.5. The molecule has 0 saturated carbocycles. The lowest BCUT2D eigenvalue weighted by Crippen LogP contribution is -2.35. The minimum Gasteiger partial charge on any atom is -0.369 e. The van der Waals surface area contributed by atoms with E-state index in [-0.39, 0.29) is 25.3 Å². The molecular formula is C27H31F2N9O8P2S2. The van der Waals surface area contributed by atoms with Gasteiger partial charge in [0.05, 0.1) is 37.7 Å². The first-order valence-electron chi connectivity index (χ1n) is 15.6. The Morgan fingerprint density at radius 1 is 0.840 bits per heavy atom. The maximum absolute atomic E-state index is 16.3. The fourth-order valence-electron chi connectivity index (χ4n) is 6.44.